The summed E-state index contributed by atoms with van der Waals surface area (Å²) in [4.78, 5) is 16.3. The molecule has 0 amide bonds. The second-order valence-electron chi connectivity index (χ2n) is 8.38. The zero-order valence-corrected chi connectivity index (χ0v) is 14.6. The number of aromatic amines is 1. The molecule has 4 saturated carbocycles. The molecule has 6 rings (SSSR count). The molecule has 2 aromatic rings. The van der Waals surface area contributed by atoms with Gasteiger partial charge in [-0.1, -0.05) is 0 Å². The van der Waals surface area contributed by atoms with E-state index in [1.54, 1.807) is 12.4 Å². The minimum atomic E-state index is -0.574. The standard InChI is InChI=1S/C20H23N3O3/c24-19(25)20-7-12-5-13(8-20)16(14(6-12)9-20)11-26-15-1-2-17(21-10-15)18-3-4-22-23-18/h1-4,10,12-14,16H,5-9,11H2,(H,22,23)(H,24,25)/t12?,13-,14-,16?,20?/m1/s1. The average molecular weight is 353 g/mol. The fourth-order valence-corrected chi connectivity index (χ4v) is 5.88. The Morgan fingerprint density at radius 1 is 1.23 bits per heavy atom. The van der Waals surface area contributed by atoms with Gasteiger partial charge in [-0.25, -0.2) is 0 Å². The van der Waals surface area contributed by atoms with Gasteiger partial charge in [0.05, 0.1) is 29.6 Å². The minimum absolute atomic E-state index is 0.444. The molecule has 4 aliphatic rings. The van der Waals surface area contributed by atoms with E-state index in [1.165, 1.54) is 12.8 Å². The molecule has 2 N–H and O–H groups in total. The van der Waals surface area contributed by atoms with Crippen LogP contribution in [0.25, 0.3) is 11.4 Å². The average Bonchev–Trinajstić information content (AvgIpc) is 3.16. The quantitative estimate of drug-likeness (QED) is 0.860. The molecule has 0 unspecified atom stereocenters. The van der Waals surface area contributed by atoms with Gasteiger partial charge in [-0.05, 0) is 74.0 Å². The fraction of sp³-hybridized carbons (Fsp3) is 0.550. The van der Waals surface area contributed by atoms with Crippen LogP contribution in [0, 0.1) is 29.1 Å². The Morgan fingerprint density at radius 3 is 2.65 bits per heavy atom. The second kappa shape index (κ2) is 5.83. The first-order valence-electron chi connectivity index (χ1n) is 9.45. The van der Waals surface area contributed by atoms with Gasteiger partial charge in [0.25, 0.3) is 0 Å². The number of carboxylic acid groups (broad SMARTS) is 1. The number of pyridine rings is 1. The summed E-state index contributed by atoms with van der Waals surface area (Å²) >= 11 is 0. The number of nitrogens with one attached hydrogen (secondary N) is 1. The van der Waals surface area contributed by atoms with E-state index >= 15 is 0 Å². The lowest BCUT2D eigenvalue weighted by Gasteiger charge is -2.58. The maximum absolute atomic E-state index is 11.8. The van der Waals surface area contributed by atoms with Gasteiger partial charge in [0.1, 0.15) is 5.75 Å². The summed E-state index contributed by atoms with van der Waals surface area (Å²) in [6.45, 7) is 0.669. The van der Waals surface area contributed by atoms with Crippen molar-refractivity contribution in [1.29, 1.82) is 0 Å². The van der Waals surface area contributed by atoms with Gasteiger partial charge in [0.15, 0.2) is 0 Å². The van der Waals surface area contributed by atoms with Crippen LogP contribution in [0.15, 0.2) is 30.6 Å². The normalized spacial score (nSPS) is 34.8. The number of H-pyrrole nitrogens is 1. The van der Waals surface area contributed by atoms with Crippen molar-refractivity contribution >= 4 is 5.97 Å². The van der Waals surface area contributed by atoms with Crippen LogP contribution in [0.3, 0.4) is 0 Å². The minimum Gasteiger partial charge on any atom is -0.492 e. The molecule has 136 valence electrons. The van der Waals surface area contributed by atoms with E-state index in [9.17, 15) is 9.90 Å². The van der Waals surface area contributed by atoms with Crippen LogP contribution >= 0.6 is 0 Å². The lowest BCUT2D eigenvalue weighted by Crippen LogP contribution is -2.55. The van der Waals surface area contributed by atoms with E-state index in [1.807, 2.05) is 18.2 Å². The summed E-state index contributed by atoms with van der Waals surface area (Å²) < 4.78 is 6.06. The van der Waals surface area contributed by atoms with Crippen molar-refractivity contribution < 1.29 is 14.6 Å². The molecule has 4 fully saturated rings. The fourth-order valence-electron chi connectivity index (χ4n) is 5.88. The lowest BCUT2D eigenvalue weighted by atomic mass is 9.46. The molecule has 26 heavy (non-hydrogen) atoms. The summed E-state index contributed by atoms with van der Waals surface area (Å²) in [6, 6.07) is 5.76. The molecule has 2 heterocycles. The van der Waals surface area contributed by atoms with Crippen molar-refractivity contribution in [2.75, 3.05) is 6.61 Å². The van der Waals surface area contributed by atoms with Gasteiger partial charge in [0.2, 0.25) is 0 Å². The smallest absolute Gasteiger partial charge is 0.309 e. The Labute approximate surface area is 152 Å². The third kappa shape index (κ3) is 2.50. The summed E-state index contributed by atoms with van der Waals surface area (Å²) in [5, 5.41) is 16.6. The van der Waals surface area contributed by atoms with Crippen molar-refractivity contribution in [2.24, 2.45) is 29.1 Å². The third-order valence-corrected chi connectivity index (χ3v) is 6.88. The largest absolute Gasteiger partial charge is 0.492 e. The molecule has 0 saturated heterocycles. The number of carbonyl (C=O) groups is 1. The number of nitrogens with zero attached hydrogens (tertiary/aromatic N) is 2. The maximum Gasteiger partial charge on any atom is 0.309 e. The van der Waals surface area contributed by atoms with Crippen LogP contribution in [0.5, 0.6) is 5.75 Å². The summed E-state index contributed by atoms with van der Waals surface area (Å²) in [7, 11) is 0. The van der Waals surface area contributed by atoms with Crippen LogP contribution in [0.1, 0.15) is 32.1 Å². The molecule has 0 aromatic carbocycles. The van der Waals surface area contributed by atoms with Gasteiger partial charge >= 0.3 is 5.97 Å². The SMILES string of the molecule is O=C(O)C12CC3C[C@H](C1)C(COc1ccc(-c4ccn[nH]4)nc1)[C@H](C3)C2. The lowest BCUT2D eigenvalue weighted by molar-refractivity contribution is -0.172. The molecule has 2 aromatic heterocycles. The highest BCUT2D eigenvalue weighted by atomic mass is 16.5. The van der Waals surface area contributed by atoms with Crippen LogP contribution in [-0.2, 0) is 4.79 Å². The third-order valence-electron chi connectivity index (χ3n) is 6.88. The van der Waals surface area contributed by atoms with Gasteiger partial charge < -0.3 is 9.84 Å². The van der Waals surface area contributed by atoms with Crippen molar-refractivity contribution in [3.63, 3.8) is 0 Å². The number of hydrogen-bond acceptors (Lipinski definition) is 4. The van der Waals surface area contributed by atoms with E-state index in [4.69, 9.17) is 4.74 Å². The zero-order chi connectivity index (χ0) is 17.7. The number of aliphatic carboxylic acids is 1. The summed E-state index contributed by atoms with van der Waals surface area (Å²) in [5.41, 5.74) is 1.28. The predicted octanol–water partition coefficient (Wildman–Crippen LogP) is 3.38. The number of aromatic nitrogens is 3. The Morgan fingerprint density at radius 2 is 2.04 bits per heavy atom. The molecule has 6 heteroatoms. The molecule has 0 radical (unpaired) electrons. The monoisotopic (exact) mass is 353 g/mol. The summed E-state index contributed by atoms with van der Waals surface area (Å²) in [5.74, 6) is 2.27. The second-order valence-corrected chi connectivity index (χ2v) is 8.38. The van der Waals surface area contributed by atoms with E-state index in [-0.39, 0.29) is 0 Å². The van der Waals surface area contributed by atoms with E-state index in [2.05, 4.69) is 15.2 Å². The number of rotatable bonds is 5. The molecule has 0 aliphatic heterocycles. The Bertz CT molecular complexity index is 786. The van der Waals surface area contributed by atoms with E-state index in [0.717, 1.165) is 36.4 Å². The highest BCUT2D eigenvalue weighted by molar-refractivity contribution is 5.75. The van der Waals surface area contributed by atoms with Crippen molar-refractivity contribution in [3.05, 3.63) is 30.6 Å². The highest BCUT2D eigenvalue weighted by Crippen LogP contribution is 2.62. The van der Waals surface area contributed by atoms with Crippen molar-refractivity contribution in [1.82, 2.24) is 15.2 Å². The molecule has 4 aliphatic carbocycles. The van der Waals surface area contributed by atoms with Gasteiger partial charge in [-0.15, -0.1) is 0 Å². The molecule has 6 nitrogen and oxygen atoms in total. The topological polar surface area (TPSA) is 88.1 Å². The van der Waals surface area contributed by atoms with Crippen molar-refractivity contribution in [3.8, 4) is 17.1 Å². The number of hydrogen-bond donors (Lipinski definition) is 2. The van der Waals surface area contributed by atoms with Gasteiger partial charge in [-0.3, -0.25) is 14.9 Å². The van der Waals surface area contributed by atoms with Crippen molar-refractivity contribution in [2.45, 2.75) is 32.1 Å². The van der Waals surface area contributed by atoms with Crippen LogP contribution < -0.4 is 4.74 Å². The van der Waals surface area contributed by atoms with E-state index < -0.39 is 11.4 Å². The Hall–Kier alpha value is -2.37. The maximum atomic E-state index is 11.8. The highest BCUT2D eigenvalue weighted by Gasteiger charge is 2.58. The molecular formula is C20H23N3O3. The summed E-state index contributed by atoms with van der Waals surface area (Å²) in [6.07, 6.45) is 8.37. The van der Waals surface area contributed by atoms with Crippen LogP contribution in [0.2, 0.25) is 0 Å². The van der Waals surface area contributed by atoms with Crippen LogP contribution in [-0.4, -0.2) is 32.9 Å². The van der Waals surface area contributed by atoms with E-state index in [0.29, 0.717) is 30.3 Å². The first-order valence-corrected chi connectivity index (χ1v) is 9.45. The Kier molecular flexibility index (Phi) is 3.55. The first-order chi connectivity index (χ1) is 12.6. The molecular weight excluding hydrogens is 330 g/mol. The van der Waals surface area contributed by atoms with Crippen LogP contribution in [0.4, 0.5) is 0 Å². The predicted molar refractivity (Wildman–Crippen MR) is 94.4 cm³/mol. The number of ether oxygens (including phenoxy) is 1. The van der Waals surface area contributed by atoms with Gasteiger partial charge in [-0.2, -0.15) is 5.10 Å². The zero-order valence-electron chi connectivity index (χ0n) is 14.6. The Balaban J connectivity index is 1.26. The van der Waals surface area contributed by atoms with Gasteiger partial charge in [0, 0.05) is 6.20 Å². The molecule has 0 spiro atoms. The number of carboxylic acids is 1. The molecule has 2 atom stereocenters. The first kappa shape index (κ1) is 15.9. The molecule has 4 bridgehead atoms.